The van der Waals surface area contributed by atoms with E-state index in [1.807, 2.05) is 0 Å². The van der Waals surface area contributed by atoms with Crippen molar-refractivity contribution in [2.24, 2.45) is 0 Å². The van der Waals surface area contributed by atoms with Gasteiger partial charge in [0, 0.05) is 11.6 Å². The van der Waals surface area contributed by atoms with Crippen molar-refractivity contribution in [1.82, 2.24) is 16.2 Å². The summed E-state index contributed by atoms with van der Waals surface area (Å²) in [5.74, 6) is -3.20. The molecule has 146 valence electrons. The molecule has 0 spiro atoms. The highest BCUT2D eigenvalue weighted by Gasteiger charge is 2.16. The zero-order chi connectivity index (χ0) is 20.1. The lowest BCUT2D eigenvalue weighted by Crippen LogP contribution is -2.46. The summed E-state index contributed by atoms with van der Waals surface area (Å²) in [6, 6.07) is 6.97. The SMILES string of the molecule is O=C(CNC(=O)c1ccc(F)cc1F)NNC(=O)c1ccc2c(c1)OCCO2. The normalized spacial score (nSPS) is 12.1. The standard InChI is InChI=1S/C18H15F2N3O5/c19-11-2-3-12(13(20)8-11)18(26)21-9-16(24)22-23-17(25)10-1-4-14-15(7-10)28-6-5-27-14/h1-4,7-8H,5-6,9H2,(H,21,26)(H,22,24)(H,23,25). The van der Waals surface area contributed by atoms with Crippen molar-refractivity contribution in [1.29, 1.82) is 0 Å². The Morgan fingerprint density at radius 2 is 1.64 bits per heavy atom. The average Bonchev–Trinajstić information content (AvgIpc) is 2.69. The number of ether oxygens (including phenoxy) is 2. The van der Waals surface area contributed by atoms with Crippen LogP contribution in [0.4, 0.5) is 8.78 Å². The quantitative estimate of drug-likeness (QED) is 0.673. The average molecular weight is 391 g/mol. The molecule has 1 heterocycles. The van der Waals surface area contributed by atoms with Crippen LogP contribution in [0.3, 0.4) is 0 Å². The second kappa shape index (κ2) is 8.33. The number of hydrogen-bond donors (Lipinski definition) is 3. The van der Waals surface area contributed by atoms with Gasteiger partial charge in [0.1, 0.15) is 24.8 Å². The molecule has 1 aliphatic heterocycles. The predicted octanol–water partition coefficient (Wildman–Crippen LogP) is 0.927. The van der Waals surface area contributed by atoms with Crippen molar-refractivity contribution in [2.75, 3.05) is 19.8 Å². The minimum atomic E-state index is -1.05. The highest BCUT2D eigenvalue weighted by atomic mass is 19.1. The largest absolute Gasteiger partial charge is 0.486 e. The van der Waals surface area contributed by atoms with Crippen LogP contribution in [0.1, 0.15) is 20.7 Å². The van der Waals surface area contributed by atoms with Gasteiger partial charge in [-0.05, 0) is 30.3 Å². The Morgan fingerprint density at radius 1 is 0.893 bits per heavy atom. The van der Waals surface area contributed by atoms with Gasteiger partial charge in [-0.3, -0.25) is 25.2 Å². The van der Waals surface area contributed by atoms with Gasteiger partial charge in [-0.15, -0.1) is 0 Å². The number of halogens is 2. The van der Waals surface area contributed by atoms with Crippen molar-refractivity contribution >= 4 is 17.7 Å². The van der Waals surface area contributed by atoms with Crippen LogP contribution in [0.15, 0.2) is 36.4 Å². The zero-order valence-corrected chi connectivity index (χ0v) is 14.4. The molecule has 2 aromatic carbocycles. The van der Waals surface area contributed by atoms with Gasteiger partial charge in [-0.25, -0.2) is 8.78 Å². The molecular formula is C18H15F2N3O5. The number of carbonyl (C=O) groups excluding carboxylic acids is 3. The maximum Gasteiger partial charge on any atom is 0.269 e. The van der Waals surface area contributed by atoms with E-state index in [-0.39, 0.29) is 5.56 Å². The molecule has 0 radical (unpaired) electrons. The Bertz CT molecular complexity index is 935. The molecule has 0 fully saturated rings. The number of carbonyl (C=O) groups is 3. The number of amides is 3. The lowest BCUT2D eigenvalue weighted by molar-refractivity contribution is -0.120. The first-order valence-electron chi connectivity index (χ1n) is 8.16. The van der Waals surface area contributed by atoms with E-state index in [0.717, 1.165) is 12.1 Å². The third-order valence-electron chi connectivity index (χ3n) is 3.71. The highest BCUT2D eigenvalue weighted by molar-refractivity contribution is 5.98. The first-order chi connectivity index (χ1) is 13.4. The topological polar surface area (TPSA) is 106 Å². The molecule has 0 saturated carbocycles. The van der Waals surface area contributed by atoms with E-state index >= 15 is 0 Å². The van der Waals surface area contributed by atoms with E-state index in [0.29, 0.717) is 30.8 Å². The van der Waals surface area contributed by atoms with Gasteiger partial charge < -0.3 is 14.8 Å². The fraction of sp³-hybridized carbons (Fsp3) is 0.167. The summed E-state index contributed by atoms with van der Waals surface area (Å²) in [5, 5.41) is 2.16. The Balaban J connectivity index is 1.48. The fourth-order valence-electron chi connectivity index (χ4n) is 2.36. The second-order valence-corrected chi connectivity index (χ2v) is 5.67. The van der Waals surface area contributed by atoms with Crippen LogP contribution in [0.2, 0.25) is 0 Å². The van der Waals surface area contributed by atoms with E-state index in [4.69, 9.17) is 9.47 Å². The molecule has 10 heteroatoms. The van der Waals surface area contributed by atoms with Crippen molar-refractivity contribution in [3.63, 3.8) is 0 Å². The molecule has 0 bridgehead atoms. The monoisotopic (exact) mass is 391 g/mol. The number of nitrogens with one attached hydrogen (secondary N) is 3. The van der Waals surface area contributed by atoms with Crippen LogP contribution in [-0.4, -0.2) is 37.5 Å². The van der Waals surface area contributed by atoms with Crippen LogP contribution in [0.25, 0.3) is 0 Å². The van der Waals surface area contributed by atoms with E-state index in [1.54, 1.807) is 6.07 Å². The third-order valence-corrected chi connectivity index (χ3v) is 3.71. The molecule has 0 unspecified atom stereocenters. The lowest BCUT2D eigenvalue weighted by atomic mass is 10.2. The van der Waals surface area contributed by atoms with Gasteiger partial charge in [-0.1, -0.05) is 0 Å². The van der Waals surface area contributed by atoms with Gasteiger partial charge in [0.05, 0.1) is 12.1 Å². The van der Waals surface area contributed by atoms with Crippen molar-refractivity contribution in [3.8, 4) is 11.5 Å². The summed E-state index contributed by atoms with van der Waals surface area (Å²) < 4.78 is 37.1. The Hall–Kier alpha value is -3.69. The summed E-state index contributed by atoms with van der Waals surface area (Å²) in [6.07, 6.45) is 0. The zero-order valence-electron chi connectivity index (χ0n) is 14.4. The van der Waals surface area contributed by atoms with Crippen LogP contribution in [-0.2, 0) is 4.79 Å². The molecule has 0 aliphatic carbocycles. The van der Waals surface area contributed by atoms with Crippen molar-refractivity contribution in [3.05, 3.63) is 59.2 Å². The number of fused-ring (bicyclic) bond motifs is 1. The van der Waals surface area contributed by atoms with Gasteiger partial charge in [-0.2, -0.15) is 0 Å². The van der Waals surface area contributed by atoms with E-state index in [9.17, 15) is 23.2 Å². The maximum absolute atomic E-state index is 13.5. The molecule has 0 aromatic heterocycles. The summed E-state index contributed by atoms with van der Waals surface area (Å²) >= 11 is 0. The van der Waals surface area contributed by atoms with E-state index in [1.165, 1.54) is 12.1 Å². The molecule has 3 rings (SSSR count). The molecule has 3 N–H and O–H groups in total. The molecule has 1 aliphatic rings. The highest BCUT2D eigenvalue weighted by Crippen LogP contribution is 2.30. The minimum Gasteiger partial charge on any atom is -0.486 e. The Kier molecular flexibility index (Phi) is 5.68. The van der Waals surface area contributed by atoms with Crippen LogP contribution in [0, 0.1) is 11.6 Å². The molecular weight excluding hydrogens is 376 g/mol. The lowest BCUT2D eigenvalue weighted by Gasteiger charge is -2.18. The summed E-state index contributed by atoms with van der Waals surface area (Å²) in [7, 11) is 0. The van der Waals surface area contributed by atoms with Crippen molar-refractivity contribution < 1.29 is 32.6 Å². The smallest absolute Gasteiger partial charge is 0.269 e. The number of hydrazine groups is 1. The molecule has 2 aromatic rings. The summed E-state index contributed by atoms with van der Waals surface area (Å²) in [4.78, 5) is 35.6. The summed E-state index contributed by atoms with van der Waals surface area (Å²) in [5.41, 5.74) is 4.11. The van der Waals surface area contributed by atoms with Crippen molar-refractivity contribution in [2.45, 2.75) is 0 Å². The van der Waals surface area contributed by atoms with Gasteiger partial charge in [0.15, 0.2) is 11.5 Å². The molecule has 8 nitrogen and oxygen atoms in total. The first-order valence-corrected chi connectivity index (χ1v) is 8.16. The first kappa shape index (κ1) is 19.1. The van der Waals surface area contributed by atoms with Gasteiger partial charge in [0.2, 0.25) is 0 Å². The minimum absolute atomic E-state index is 0.224. The van der Waals surface area contributed by atoms with E-state index in [2.05, 4.69) is 16.2 Å². The fourth-order valence-corrected chi connectivity index (χ4v) is 2.36. The predicted molar refractivity (Wildman–Crippen MR) is 91.7 cm³/mol. The van der Waals surface area contributed by atoms with Crippen LogP contribution < -0.4 is 25.6 Å². The van der Waals surface area contributed by atoms with Crippen LogP contribution >= 0.6 is 0 Å². The number of hydrogen-bond acceptors (Lipinski definition) is 5. The molecule has 28 heavy (non-hydrogen) atoms. The Labute approximate surface area is 157 Å². The summed E-state index contributed by atoms with van der Waals surface area (Å²) in [6.45, 7) is 0.252. The second-order valence-electron chi connectivity index (χ2n) is 5.67. The molecule has 3 amide bonds. The molecule has 0 saturated heterocycles. The maximum atomic E-state index is 13.5. The van der Waals surface area contributed by atoms with Gasteiger partial charge in [0.25, 0.3) is 17.7 Å². The van der Waals surface area contributed by atoms with Gasteiger partial charge >= 0.3 is 0 Å². The Morgan fingerprint density at radius 3 is 2.39 bits per heavy atom. The number of benzene rings is 2. The molecule has 0 atom stereocenters. The number of rotatable bonds is 4. The third kappa shape index (κ3) is 4.53. The van der Waals surface area contributed by atoms with E-state index < -0.39 is 41.5 Å². The van der Waals surface area contributed by atoms with Crippen LogP contribution in [0.5, 0.6) is 11.5 Å².